The zero-order valence-corrected chi connectivity index (χ0v) is 27.8. The van der Waals surface area contributed by atoms with Crippen molar-refractivity contribution >= 4 is 0 Å². The fourth-order valence-electron chi connectivity index (χ4n) is 6.55. The number of aliphatic hydroxyl groups is 5. The van der Waals surface area contributed by atoms with E-state index in [4.69, 9.17) is 9.47 Å². The van der Waals surface area contributed by atoms with Crippen LogP contribution in [0.3, 0.4) is 0 Å². The van der Waals surface area contributed by atoms with E-state index in [0.717, 1.165) is 28.7 Å². The Morgan fingerprint density at radius 1 is 0.812 bits per heavy atom. The van der Waals surface area contributed by atoms with Gasteiger partial charge >= 0.3 is 6.36 Å². The highest BCUT2D eigenvalue weighted by atomic mass is 19.4. The van der Waals surface area contributed by atoms with Crippen LogP contribution in [-0.4, -0.2) is 69.0 Å². The molecule has 0 unspecified atom stereocenters. The first kappa shape index (κ1) is 37.8. The lowest BCUT2D eigenvalue weighted by atomic mass is 9.72. The average Bonchev–Trinajstić information content (AvgIpc) is 3.05. The summed E-state index contributed by atoms with van der Waals surface area (Å²) in [5.74, 6) is -0.462. The number of halogens is 3. The molecule has 8 nitrogen and oxygen atoms in total. The predicted molar refractivity (Wildman–Crippen MR) is 173 cm³/mol. The van der Waals surface area contributed by atoms with Crippen LogP contribution in [0.15, 0.2) is 72.8 Å². The van der Waals surface area contributed by atoms with E-state index >= 15 is 0 Å². The molecule has 48 heavy (non-hydrogen) atoms. The van der Waals surface area contributed by atoms with Crippen LogP contribution in [0.4, 0.5) is 13.2 Å². The summed E-state index contributed by atoms with van der Waals surface area (Å²) in [6.07, 6.45) is -9.55. The molecule has 0 aliphatic carbocycles. The molecule has 0 spiro atoms. The minimum absolute atomic E-state index is 0.0899. The summed E-state index contributed by atoms with van der Waals surface area (Å²) in [4.78, 5) is 0. The molecule has 2 aliphatic heterocycles. The van der Waals surface area contributed by atoms with Crippen LogP contribution in [0.25, 0.3) is 0 Å². The Hall–Kier alpha value is -3.03. The predicted octanol–water partition coefficient (Wildman–Crippen LogP) is 5.55. The van der Waals surface area contributed by atoms with Crippen LogP contribution in [0.2, 0.25) is 0 Å². The van der Waals surface area contributed by atoms with Gasteiger partial charge in [-0.2, -0.15) is 0 Å². The summed E-state index contributed by atoms with van der Waals surface area (Å²) in [5, 5.41) is 50.5. The summed E-state index contributed by atoms with van der Waals surface area (Å²) in [7, 11) is 0. The molecule has 2 fully saturated rings. The summed E-state index contributed by atoms with van der Waals surface area (Å²) in [6.45, 7) is 10.2. The van der Waals surface area contributed by atoms with E-state index in [2.05, 4.69) is 32.4 Å². The fourth-order valence-corrected chi connectivity index (χ4v) is 6.55. The molecule has 11 heteroatoms. The lowest BCUT2D eigenvalue weighted by molar-refractivity contribution is -0.316. The van der Waals surface area contributed by atoms with Crippen molar-refractivity contribution in [2.75, 3.05) is 6.61 Å². The lowest BCUT2D eigenvalue weighted by Crippen LogP contribution is -2.55. The molecule has 2 saturated heterocycles. The Bertz CT molecular complexity index is 1460. The second kappa shape index (κ2) is 15.7. The third-order valence-corrected chi connectivity index (χ3v) is 9.72. The van der Waals surface area contributed by atoms with Gasteiger partial charge in [0.05, 0.1) is 12.7 Å². The number of ether oxygens (including phenoxy) is 3. The van der Waals surface area contributed by atoms with Crippen LogP contribution in [0.1, 0.15) is 68.0 Å². The average molecular weight is 677 g/mol. The first-order valence-corrected chi connectivity index (χ1v) is 16.3. The standard InChI is InChI=1S/C20H21F3O6.C17H26O2/c21-20(22,23)29-14-6-4-11(5-7-14)8-12-2-1-3-13(9-12)19-18(27)17(26)16(25)15(10-24)28-19;1-6-16-13(4)12(3)14(5)17(18,19-16)15-9-7-8-11(2)10-15/h1-7,9,15-19,24-27H,8,10H2;7-10,12-14,16,18H,6H2,1-5H3/t15-,16-,17+,18-,19+;12-,13-,14+,16+,17+/m10/s1. The minimum Gasteiger partial charge on any atom is -0.406 e. The molecule has 2 heterocycles. The van der Waals surface area contributed by atoms with E-state index in [0.29, 0.717) is 23.8 Å². The summed E-state index contributed by atoms with van der Waals surface area (Å²) < 4.78 is 52.2. The van der Waals surface area contributed by atoms with Crippen molar-refractivity contribution in [3.8, 4) is 5.75 Å². The van der Waals surface area contributed by atoms with E-state index in [1.54, 1.807) is 24.3 Å². The van der Waals surface area contributed by atoms with Gasteiger partial charge in [-0.05, 0) is 60.4 Å². The van der Waals surface area contributed by atoms with Gasteiger partial charge < -0.3 is 39.7 Å². The first-order valence-electron chi connectivity index (χ1n) is 16.3. The zero-order chi connectivity index (χ0) is 35.4. The van der Waals surface area contributed by atoms with Crippen LogP contribution >= 0.6 is 0 Å². The van der Waals surface area contributed by atoms with E-state index in [1.165, 1.54) is 24.3 Å². The summed E-state index contributed by atoms with van der Waals surface area (Å²) in [5.41, 5.74) is 4.11. The second-order valence-corrected chi connectivity index (χ2v) is 13.0. The highest BCUT2D eigenvalue weighted by Crippen LogP contribution is 2.46. The van der Waals surface area contributed by atoms with Crippen LogP contribution in [0, 0.1) is 24.7 Å². The van der Waals surface area contributed by atoms with Crippen molar-refractivity contribution in [3.63, 3.8) is 0 Å². The Morgan fingerprint density at radius 3 is 2.08 bits per heavy atom. The van der Waals surface area contributed by atoms with Crippen LogP contribution < -0.4 is 4.74 Å². The molecule has 10 atom stereocenters. The van der Waals surface area contributed by atoms with Gasteiger partial charge in [-0.15, -0.1) is 13.2 Å². The van der Waals surface area contributed by atoms with E-state index < -0.39 is 49.3 Å². The van der Waals surface area contributed by atoms with Gasteiger partial charge in [-0.3, -0.25) is 0 Å². The van der Waals surface area contributed by atoms with Gasteiger partial charge in [-0.1, -0.05) is 93.9 Å². The maximum Gasteiger partial charge on any atom is 0.573 e. The molecule has 0 saturated carbocycles. The summed E-state index contributed by atoms with van der Waals surface area (Å²) >= 11 is 0. The molecule has 5 rings (SSSR count). The molecule has 2 aliphatic rings. The molecule has 0 radical (unpaired) electrons. The topological polar surface area (TPSA) is 129 Å². The molecule has 3 aromatic rings. The SMILES string of the molecule is CC[C@H]1O[C@@](O)(c2cccc(C)c2)[C@H](C)[C@@H](C)[C@@H]1C.OC[C@H]1O[C@@H](c2cccc(Cc3ccc(OC(F)(F)F)cc3)c2)[C@H](O)[C@@H](O)[C@@H]1O. The fraction of sp³-hybridized carbons (Fsp3) is 0.514. The van der Waals surface area contributed by atoms with Crippen molar-refractivity contribution in [2.45, 2.75) is 96.2 Å². The number of hydrogen-bond acceptors (Lipinski definition) is 8. The molecule has 5 N–H and O–H groups in total. The van der Waals surface area contributed by atoms with Gasteiger partial charge in [0.2, 0.25) is 0 Å². The maximum absolute atomic E-state index is 12.2. The Morgan fingerprint density at radius 2 is 1.48 bits per heavy atom. The van der Waals surface area contributed by atoms with Crippen molar-refractivity contribution in [1.29, 1.82) is 0 Å². The van der Waals surface area contributed by atoms with Gasteiger partial charge in [0.25, 0.3) is 0 Å². The normalized spacial score (nSPS) is 32.2. The molecule has 0 amide bonds. The second-order valence-electron chi connectivity index (χ2n) is 13.0. The highest BCUT2D eigenvalue weighted by molar-refractivity contribution is 5.34. The zero-order valence-electron chi connectivity index (χ0n) is 27.8. The smallest absolute Gasteiger partial charge is 0.406 e. The summed E-state index contributed by atoms with van der Waals surface area (Å²) in [6, 6.07) is 20.4. The van der Waals surface area contributed by atoms with E-state index in [-0.39, 0.29) is 17.8 Å². The Balaban J connectivity index is 0.000000237. The number of rotatable bonds is 7. The van der Waals surface area contributed by atoms with Crippen LogP contribution in [-0.2, 0) is 21.7 Å². The molecule has 264 valence electrons. The maximum atomic E-state index is 12.2. The third-order valence-electron chi connectivity index (χ3n) is 9.72. The minimum atomic E-state index is -4.75. The number of alkyl halides is 3. The number of aryl methyl sites for hydroxylation is 1. The third kappa shape index (κ3) is 8.76. The Labute approximate surface area is 279 Å². The quantitative estimate of drug-likeness (QED) is 0.221. The monoisotopic (exact) mass is 676 g/mol. The molecule has 3 aromatic carbocycles. The largest absolute Gasteiger partial charge is 0.573 e. The number of benzene rings is 3. The lowest BCUT2D eigenvalue weighted by Gasteiger charge is -2.49. The van der Waals surface area contributed by atoms with Crippen molar-refractivity contribution in [2.24, 2.45) is 17.8 Å². The van der Waals surface area contributed by atoms with Gasteiger partial charge in [-0.25, -0.2) is 0 Å². The highest BCUT2D eigenvalue weighted by Gasteiger charge is 2.49. The molecular formula is C37H47F3O8. The van der Waals surface area contributed by atoms with Crippen molar-refractivity contribution in [1.82, 2.24) is 0 Å². The van der Waals surface area contributed by atoms with Gasteiger partial charge in [0.15, 0.2) is 5.79 Å². The van der Waals surface area contributed by atoms with Gasteiger partial charge in [0, 0.05) is 11.5 Å². The molecule has 0 bridgehead atoms. The van der Waals surface area contributed by atoms with Crippen LogP contribution in [0.5, 0.6) is 5.75 Å². The van der Waals surface area contributed by atoms with E-state index in [9.17, 15) is 38.7 Å². The first-order chi connectivity index (χ1) is 22.6. The molecule has 0 aromatic heterocycles. The number of aliphatic hydroxyl groups excluding tert-OH is 4. The van der Waals surface area contributed by atoms with Crippen molar-refractivity contribution < 1.29 is 52.9 Å². The Kier molecular flexibility index (Phi) is 12.3. The van der Waals surface area contributed by atoms with E-state index in [1.807, 2.05) is 31.2 Å². The molecular weight excluding hydrogens is 629 g/mol. The van der Waals surface area contributed by atoms with Crippen molar-refractivity contribution in [3.05, 3.63) is 101 Å². The number of hydrogen-bond donors (Lipinski definition) is 5. The van der Waals surface area contributed by atoms with Gasteiger partial charge in [0.1, 0.15) is 36.3 Å².